The molecule has 1 aliphatic rings. The molecule has 0 unspecified atom stereocenters. The van der Waals surface area contributed by atoms with Crippen LogP contribution in [-0.2, 0) is 0 Å². The topological polar surface area (TPSA) is 52.9 Å². The average molecular weight is 206 g/mol. The van der Waals surface area contributed by atoms with E-state index < -0.39 is 0 Å². The Labute approximate surface area is 88.5 Å². The lowest BCUT2D eigenvalue weighted by atomic mass is 10.1. The van der Waals surface area contributed by atoms with E-state index in [4.69, 9.17) is 0 Å². The van der Waals surface area contributed by atoms with Crippen molar-refractivity contribution in [1.29, 1.82) is 0 Å². The van der Waals surface area contributed by atoms with Crippen LogP contribution in [0.15, 0.2) is 29.4 Å². The Morgan fingerprint density at radius 1 is 1.20 bits per heavy atom. The zero-order valence-corrected chi connectivity index (χ0v) is 8.47. The Morgan fingerprint density at radius 3 is 2.33 bits per heavy atom. The van der Waals surface area contributed by atoms with E-state index >= 15 is 0 Å². The minimum absolute atomic E-state index is 0.155. The van der Waals surface area contributed by atoms with Gasteiger partial charge in [0.05, 0.1) is 6.10 Å². The summed E-state index contributed by atoms with van der Waals surface area (Å²) in [6.07, 6.45) is 1.47. The Hall–Kier alpha value is -1.42. The summed E-state index contributed by atoms with van der Waals surface area (Å²) in [5.74, 6) is 0. The van der Waals surface area contributed by atoms with Gasteiger partial charge in [0.15, 0.2) is 0 Å². The van der Waals surface area contributed by atoms with E-state index in [0.717, 1.165) is 31.6 Å². The summed E-state index contributed by atoms with van der Waals surface area (Å²) in [6, 6.07) is 7.23. The van der Waals surface area contributed by atoms with Crippen LogP contribution in [-0.4, -0.2) is 24.3 Å². The summed E-state index contributed by atoms with van der Waals surface area (Å²) >= 11 is 0. The van der Waals surface area contributed by atoms with Crippen molar-refractivity contribution >= 4 is 11.4 Å². The van der Waals surface area contributed by atoms with Crippen LogP contribution in [0.25, 0.3) is 0 Å². The molecule has 0 saturated carbocycles. The third-order valence-corrected chi connectivity index (χ3v) is 2.78. The highest BCUT2D eigenvalue weighted by Crippen LogP contribution is 2.22. The number of hydrogen-bond donors (Lipinski definition) is 1. The molecule has 0 amide bonds. The molecular weight excluding hydrogens is 192 g/mol. The number of anilines is 1. The number of nitrogens with zero attached hydrogens (tertiary/aromatic N) is 2. The Bertz CT molecular complexity index is 329. The van der Waals surface area contributed by atoms with E-state index in [1.807, 2.05) is 12.1 Å². The molecule has 4 nitrogen and oxygen atoms in total. The molecule has 1 heterocycles. The normalized spacial score (nSPS) is 17.8. The smallest absolute Gasteiger partial charge is 0.108 e. The first kappa shape index (κ1) is 10.1. The molecule has 1 fully saturated rings. The van der Waals surface area contributed by atoms with Gasteiger partial charge in [-0.25, -0.2) is 0 Å². The van der Waals surface area contributed by atoms with Gasteiger partial charge in [-0.15, -0.1) is 4.91 Å². The highest BCUT2D eigenvalue weighted by atomic mass is 16.3. The highest BCUT2D eigenvalue weighted by Gasteiger charge is 2.16. The summed E-state index contributed by atoms with van der Waals surface area (Å²) in [5, 5.41) is 12.2. The Balaban J connectivity index is 2.06. The number of aliphatic hydroxyl groups excluding tert-OH is 1. The lowest BCUT2D eigenvalue weighted by Gasteiger charge is -2.31. The molecule has 1 N–H and O–H groups in total. The second-order valence-electron chi connectivity index (χ2n) is 3.83. The third kappa shape index (κ3) is 2.33. The zero-order valence-electron chi connectivity index (χ0n) is 8.47. The number of piperidine rings is 1. The fraction of sp³-hybridized carbons (Fsp3) is 0.455. The van der Waals surface area contributed by atoms with Gasteiger partial charge in [-0.3, -0.25) is 0 Å². The highest BCUT2D eigenvalue weighted by molar-refractivity contribution is 5.52. The maximum Gasteiger partial charge on any atom is 0.108 e. The van der Waals surface area contributed by atoms with Crippen molar-refractivity contribution in [2.75, 3.05) is 18.0 Å². The second kappa shape index (κ2) is 4.40. The summed E-state index contributed by atoms with van der Waals surface area (Å²) in [6.45, 7) is 1.74. The Kier molecular flexibility index (Phi) is 2.97. The van der Waals surface area contributed by atoms with Crippen LogP contribution in [0.1, 0.15) is 12.8 Å². The monoisotopic (exact) mass is 206 g/mol. The summed E-state index contributed by atoms with van der Waals surface area (Å²) in [7, 11) is 0. The van der Waals surface area contributed by atoms with Crippen molar-refractivity contribution in [3.63, 3.8) is 0 Å². The van der Waals surface area contributed by atoms with Gasteiger partial charge in [-0.1, -0.05) is 0 Å². The maximum atomic E-state index is 10.2. The van der Waals surface area contributed by atoms with Crippen molar-refractivity contribution in [3.8, 4) is 0 Å². The van der Waals surface area contributed by atoms with Crippen LogP contribution in [0.3, 0.4) is 0 Å². The van der Waals surface area contributed by atoms with E-state index in [1.54, 1.807) is 12.1 Å². The quantitative estimate of drug-likeness (QED) is 0.753. The van der Waals surface area contributed by atoms with Crippen molar-refractivity contribution < 1.29 is 5.11 Å². The fourth-order valence-corrected chi connectivity index (χ4v) is 1.85. The van der Waals surface area contributed by atoms with E-state index in [0.29, 0.717) is 5.69 Å². The second-order valence-corrected chi connectivity index (χ2v) is 3.83. The Morgan fingerprint density at radius 2 is 1.80 bits per heavy atom. The van der Waals surface area contributed by atoms with Crippen molar-refractivity contribution in [3.05, 3.63) is 29.2 Å². The lowest BCUT2D eigenvalue weighted by Crippen LogP contribution is -2.35. The van der Waals surface area contributed by atoms with Gasteiger partial charge in [0.1, 0.15) is 5.69 Å². The minimum atomic E-state index is -0.155. The number of rotatable bonds is 2. The molecule has 0 aliphatic carbocycles. The molecule has 1 aliphatic heterocycles. The molecule has 15 heavy (non-hydrogen) atoms. The first-order valence-corrected chi connectivity index (χ1v) is 5.16. The standard InChI is InChI=1S/C11H14N2O2/c14-11-5-7-13(8-6-11)10-3-1-9(12-15)2-4-10/h1-4,11,14H,5-8H2. The van der Waals surface area contributed by atoms with Crippen LogP contribution < -0.4 is 4.90 Å². The fourth-order valence-electron chi connectivity index (χ4n) is 1.85. The van der Waals surface area contributed by atoms with Crippen LogP contribution in [0.2, 0.25) is 0 Å². The molecule has 1 saturated heterocycles. The summed E-state index contributed by atoms with van der Waals surface area (Å²) in [4.78, 5) is 12.5. The number of aliphatic hydroxyl groups is 1. The van der Waals surface area contributed by atoms with Gasteiger partial charge in [0, 0.05) is 18.8 Å². The molecule has 1 aromatic rings. The van der Waals surface area contributed by atoms with Gasteiger partial charge in [0.2, 0.25) is 0 Å². The summed E-state index contributed by atoms with van der Waals surface area (Å²) in [5.41, 5.74) is 1.55. The molecule has 0 spiro atoms. The minimum Gasteiger partial charge on any atom is -0.393 e. The van der Waals surface area contributed by atoms with Crippen LogP contribution in [0.5, 0.6) is 0 Å². The summed E-state index contributed by atoms with van der Waals surface area (Å²) < 4.78 is 0. The molecule has 0 aromatic heterocycles. The molecule has 0 atom stereocenters. The van der Waals surface area contributed by atoms with E-state index in [9.17, 15) is 10.0 Å². The van der Waals surface area contributed by atoms with Crippen molar-refractivity contribution in [2.24, 2.45) is 5.18 Å². The number of nitroso groups, excluding NO2 is 1. The van der Waals surface area contributed by atoms with Gasteiger partial charge < -0.3 is 10.0 Å². The SMILES string of the molecule is O=Nc1ccc(N2CCC(O)CC2)cc1. The number of benzene rings is 1. The van der Waals surface area contributed by atoms with Gasteiger partial charge >= 0.3 is 0 Å². The predicted octanol–water partition coefficient (Wildman–Crippen LogP) is 2.05. The van der Waals surface area contributed by atoms with Crippen LogP contribution >= 0.6 is 0 Å². The zero-order chi connectivity index (χ0) is 10.7. The first-order valence-electron chi connectivity index (χ1n) is 5.16. The van der Waals surface area contributed by atoms with Crippen molar-refractivity contribution in [2.45, 2.75) is 18.9 Å². The van der Waals surface area contributed by atoms with E-state index in [-0.39, 0.29) is 6.10 Å². The van der Waals surface area contributed by atoms with Crippen LogP contribution in [0.4, 0.5) is 11.4 Å². The number of hydrogen-bond acceptors (Lipinski definition) is 4. The first-order chi connectivity index (χ1) is 7.29. The van der Waals surface area contributed by atoms with Gasteiger partial charge in [0.25, 0.3) is 0 Å². The molecule has 80 valence electrons. The van der Waals surface area contributed by atoms with E-state index in [1.165, 1.54) is 0 Å². The predicted molar refractivity (Wildman–Crippen MR) is 59.4 cm³/mol. The van der Waals surface area contributed by atoms with Gasteiger partial charge in [-0.2, -0.15) is 0 Å². The molecule has 4 heteroatoms. The van der Waals surface area contributed by atoms with Crippen molar-refractivity contribution in [1.82, 2.24) is 0 Å². The largest absolute Gasteiger partial charge is 0.393 e. The van der Waals surface area contributed by atoms with E-state index in [2.05, 4.69) is 10.1 Å². The van der Waals surface area contributed by atoms with Crippen LogP contribution in [0, 0.1) is 4.91 Å². The molecule has 0 radical (unpaired) electrons. The lowest BCUT2D eigenvalue weighted by molar-refractivity contribution is 0.145. The van der Waals surface area contributed by atoms with Gasteiger partial charge in [-0.05, 0) is 42.3 Å². The average Bonchev–Trinajstić information content (AvgIpc) is 2.30. The molecule has 2 rings (SSSR count). The maximum absolute atomic E-state index is 10.2. The molecule has 1 aromatic carbocycles. The third-order valence-electron chi connectivity index (χ3n) is 2.78. The molecule has 0 bridgehead atoms. The molecular formula is C11H14N2O2.